The zero-order valence-corrected chi connectivity index (χ0v) is 35.1. The van der Waals surface area contributed by atoms with Crippen LogP contribution in [0.1, 0.15) is 54.2 Å². The van der Waals surface area contributed by atoms with Crippen LogP contribution in [0.3, 0.4) is 0 Å². The second-order valence-corrected chi connectivity index (χ2v) is 14.6. The Kier molecular flexibility index (Phi) is 18.4. The summed E-state index contributed by atoms with van der Waals surface area (Å²) in [6.45, 7) is 1.58. The summed E-state index contributed by atoms with van der Waals surface area (Å²) in [4.78, 5) is 51.9. The van der Waals surface area contributed by atoms with Crippen molar-refractivity contribution in [3.63, 3.8) is 0 Å². The first-order chi connectivity index (χ1) is 30.5. The van der Waals surface area contributed by atoms with E-state index in [-0.39, 0.29) is 59.5 Å². The monoisotopic (exact) mass is 863 g/mol. The predicted molar refractivity (Wildman–Crippen MR) is 233 cm³/mol. The molecule has 16 nitrogen and oxygen atoms in total. The molecule has 5 aromatic rings. The fourth-order valence-corrected chi connectivity index (χ4v) is 6.54. The van der Waals surface area contributed by atoms with Crippen molar-refractivity contribution in [2.24, 2.45) is 9.98 Å². The molecule has 324 valence electrons. The number of aromatic nitrogens is 2. The molecule has 1 unspecified atom stereocenters. The fraction of sp³-hybridized carbons (Fsp3) is 0.289. The highest BCUT2D eigenvalue weighted by molar-refractivity contribution is 7.26. The lowest BCUT2D eigenvalue weighted by atomic mass is 10.2. The van der Waals surface area contributed by atoms with Crippen LogP contribution in [-0.2, 0) is 54.4 Å². The first kappa shape index (κ1) is 45.1. The van der Waals surface area contributed by atoms with E-state index in [0.29, 0.717) is 44.6 Å². The summed E-state index contributed by atoms with van der Waals surface area (Å²) in [5, 5.41) is 7.71. The third kappa shape index (κ3) is 16.2. The van der Waals surface area contributed by atoms with E-state index in [1.807, 2.05) is 126 Å². The molecule has 0 aliphatic carbocycles. The van der Waals surface area contributed by atoms with Crippen molar-refractivity contribution in [3.8, 4) is 0 Å². The summed E-state index contributed by atoms with van der Waals surface area (Å²) in [7, 11) is -0.123. The Morgan fingerprint density at radius 3 is 1.73 bits per heavy atom. The highest BCUT2D eigenvalue weighted by Gasteiger charge is 2.27. The van der Waals surface area contributed by atoms with Gasteiger partial charge in [-0.05, 0) is 54.0 Å². The molecular formula is C45H50N7O9P. The predicted octanol–water partition coefficient (Wildman–Crippen LogP) is 7.94. The number of unbranched alkanes of at least 4 members (excludes halogenated alkanes) is 1. The Morgan fingerprint density at radius 1 is 0.645 bits per heavy atom. The van der Waals surface area contributed by atoms with Crippen molar-refractivity contribution in [3.05, 3.63) is 161 Å². The number of ether oxygens (including phenoxy) is 4. The number of amides is 3. The second kappa shape index (κ2) is 25.4. The highest BCUT2D eigenvalue weighted by atomic mass is 31.1. The molecule has 3 N–H and O–H groups in total. The lowest BCUT2D eigenvalue weighted by Gasteiger charge is -2.17. The lowest BCUT2D eigenvalue weighted by Crippen LogP contribution is -2.44. The van der Waals surface area contributed by atoms with E-state index in [1.165, 1.54) is 0 Å². The van der Waals surface area contributed by atoms with Gasteiger partial charge in [-0.25, -0.2) is 14.4 Å². The van der Waals surface area contributed by atoms with Gasteiger partial charge in [0.25, 0.3) is 0 Å². The third-order valence-corrected chi connectivity index (χ3v) is 9.65. The summed E-state index contributed by atoms with van der Waals surface area (Å²) in [5.41, 5.74) is 3.87. The Bertz CT molecular complexity index is 2180. The number of nitrogens with one attached hydrogen (secondary N) is 3. The molecule has 0 spiro atoms. The van der Waals surface area contributed by atoms with Gasteiger partial charge in [0.1, 0.15) is 31.9 Å². The van der Waals surface area contributed by atoms with Crippen LogP contribution in [0.4, 0.5) is 20.2 Å². The van der Waals surface area contributed by atoms with Crippen molar-refractivity contribution in [2.45, 2.75) is 64.4 Å². The van der Waals surface area contributed by atoms with E-state index in [1.54, 1.807) is 12.3 Å². The number of alkyl carbamates (subject to hydrolysis) is 2. The molecule has 4 aromatic carbocycles. The van der Waals surface area contributed by atoms with E-state index in [0.717, 1.165) is 28.7 Å². The molecule has 1 aliphatic heterocycles. The molecule has 0 radical (unpaired) electrons. The first-order valence-electron chi connectivity index (χ1n) is 20.2. The SMILES string of the molecule is O=C(NC(=NCCCCN=c1nc(NC(=O)OCc2ccccc2)ccn1[C@H]1CC[C@@H](COPOCc2ccccc2)O1)NC(=O)OCc1ccccc1)OCc1ccccc1. The maximum absolute atomic E-state index is 12.7. The average Bonchev–Trinajstić information content (AvgIpc) is 3.78. The maximum Gasteiger partial charge on any atom is 0.414 e. The average molecular weight is 864 g/mol. The van der Waals surface area contributed by atoms with Gasteiger partial charge in [-0.15, -0.1) is 0 Å². The second-order valence-electron chi connectivity index (χ2n) is 13.9. The zero-order valence-electron chi connectivity index (χ0n) is 34.1. The smallest absolute Gasteiger partial charge is 0.414 e. The molecule has 0 saturated carbocycles. The van der Waals surface area contributed by atoms with Crippen molar-refractivity contribution < 1.29 is 42.4 Å². The number of guanidine groups is 1. The summed E-state index contributed by atoms with van der Waals surface area (Å²) in [6.07, 6.45) is 1.57. The minimum atomic E-state index is -0.793. The largest absolute Gasteiger partial charge is 0.444 e. The summed E-state index contributed by atoms with van der Waals surface area (Å²) < 4.78 is 35.7. The van der Waals surface area contributed by atoms with Crippen LogP contribution < -0.4 is 21.6 Å². The van der Waals surface area contributed by atoms with Gasteiger partial charge in [-0.1, -0.05) is 121 Å². The van der Waals surface area contributed by atoms with Crippen LogP contribution in [0.2, 0.25) is 0 Å². The Hall–Kier alpha value is -6.45. The Balaban J connectivity index is 1.05. The number of carbonyl (C=O) groups is 3. The van der Waals surface area contributed by atoms with Crippen LogP contribution in [0, 0.1) is 0 Å². The molecular weight excluding hydrogens is 814 g/mol. The van der Waals surface area contributed by atoms with Gasteiger partial charge in [-0.3, -0.25) is 30.5 Å². The minimum Gasteiger partial charge on any atom is -0.444 e. The zero-order chi connectivity index (χ0) is 43.0. The molecule has 1 aliphatic rings. The van der Waals surface area contributed by atoms with Crippen LogP contribution >= 0.6 is 9.03 Å². The first-order valence-corrected chi connectivity index (χ1v) is 21.0. The number of benzene rings is 4. The molecule has 1 aromatic heterocycles. The molecule has 17 heteroatoms. The summed E-state index contributed by atoms with van der Waals surface area (Å²) in [6, 6.07) is 39.4. The molecule has 1 fully saturated rings. The lowest BCUT2D eigenvalue weighted by molar-refractivity contribution is -0.0199. The van der Waals surface area contributed by atoms with Crippen molar-refractivity contribution >= 4 is 39.1 Å². The number of carbonyl (C=O) groups excluding carboxylic acids is 3. The Labute approximate surface area is 361 Å². The molecule has 6 rings (SSSR count). The van der Waals surface area contributed by atoms with Gasteiger partial charge >= 0.3 is 18.3 Å². The number of rotatable bonds is 19. The summed E-state index contributed by atoms with van der Waals surface area (Å²) in [5.74, 6) is 0.146. The molecule has 1 saturated heterocycles. The minimum absolute atomic E-state index is 0.0321. The van der Waals surface area contributed by atoms with Gasteiger partial charge in [0, 0.05) is 19.3 Å². The molecule has 62 heavy (non-hydrogen) atoms. The number of hydrogen-bond donors (Lipinski definition) is 3. The van der Waals surface area contributed by atoms with Gasteiger partial charge < -0.3 is 28.0 Å². The Morgan fingerprint density at radius 2 is 1.16 bits per heavy atom. The van der Waals surface area contributed by atoms with Gasteiger partial charge in [0.15, 0.2) is 9.03 Å². The topological polar surface area (TPSA) is 185 Å². The number of hydrogen-bond acceptors (Lipinski definition) is 12. The fourth-order valence-electron chi connectivity index (χ4n) is 5.98. The molecule has 3 amide bonds. The van der Waals surface area contributed by atoms with Gasteiger partial charge in [0.05, 0.1) is 19.3 Å². The quantitative estimate of drug-likeness (QED) is 0.0242. The maximum atomic E-state index is 12.7. The standard InChI is InChI=1S/C45H50N7O9P/c53-43(56-29-34-15-5-1-6-16-34)49-39-25-28-52(40-24-23-38(61-40)33-60-62-59-32-37-21-11-4-12-22-37)42(48-39)47-27-14-13-26-46-41(50-44(54)57-30-35-17-7-2-8-18-35)51-45(55)58-31-36-19-9-3-10-20-36/h1-12,15-22,25,28,38,40,62H,13-14,23-24,26-27,29-33H2,(H,47,48,49,53)(H2,46,50,51,54,55)/t38-,40+/m0/s1. The van der Waals surface area contributed by atoms with E-state index < -0.39 is 18.3 Å². The third-order valence-electron chi connectivity index (χ3n) is 9.11. The molecule has 3 atom stereocenters. The highest BCUT2D eigenvalue weighted by Crippen LogP contribution is 2.29. The van der Waals surface area contributed by atoms with Crippen LogP contribution in [0.25, 0.3) is 0 Å². The normalized spacial score (nSPS) is 14.9. The van der Waals surface area contributed by atoms with Gasteiger partial charge in [0.2, 0.25) is 11.6 Å². The van der Waals surface area contributed by atoms with E-state index in [2.05, 4.69) is 25.9 Å². The van der Waals surface area contributed by atoms with Gasteiger partial charge in [-0.2, -0.15) is 4.98 Å². The van der Waals surface area contributed by atoms with E-state index in [9.17, 15) is 14.4 Å². The van der Waals surface area contributed by atoms with E-state index in [4.69, 9.17) is 33.0 Å². The molecule has 0 bridgehead atoms. The number of aliphatic imine (C=N–C) groups is 1. The van der Waals surface area contributed by atoms with Crippen molar-refractivity contribution in [1.82, 2.24) is 20.2 Å². The summed E-state index contributed by atoms with van der Waals surface area (Å²) >= 11 is 0. The van der Waals surface area contributed by atoms with Crippen molar-refractivity contribution in [2.75, 3.05) is 25.0 Å². The van der Waals surface area contributed by atoms with E-state index >= 15 is 0 Å². The van der Waals surface area contributed by atoms with Crippen LogP contribution in [-0.4, -0.2) is 59.6 Å². The number of nitrogens with zero attached hydrogens (tertiary/aromatic N) is 4. The molecule has 2 heterocycles. The van der Waals surface area contributed by atoms with Crippen LogP contribution in [0.5, 0.6) is 0 Å². The number of anilines is 1. The van der Waals surface area contributed by atoms with Crippen LogP contribution in [0.15, 0.2) is 144 Å². The van der Waals surface area contributed by atoms with Crippen molar-refractivity contribution in [1.29, 1.82) is 0 Å².